The molecule has 6 nitrogen and oxygen atoms in total. The van der Waals surface area contributed by atoms with E-state index in [1.54, 1.807) is 31.4 Å². The summed E-state index contributed by atoms with van der Waals surface area (Å²) < 4.78 is 7.39. The van der Waals surface area contributed by atoms with Crippen LogP contribution in [0.5, 0.6) is 11.5 Å². The fraction of sp³-hybridized carbons (Fsp3) is 0.0952. The van der Waals surface area contributed by atoms with E-state index in [2.05, 4.69) is 10.2 Å². The van der Waals surface area contributed by atoms with E-state index in [-0.39, 0.29) is 5.75 Å². The van der Waals surface area contributed by atoms with Gasteiger partial charge in [0.25, 0.3) is 0 Å². The summed E-state index contributed by atoms with van der Waals surface area (Å²) >= 11 is 0. The molecular formula is C21H18N4O2. The van der Waals surface area contributed by atoms with Gasteiger partial charge in [0, 0.05) is 11.8 Å². The van der Waals surface area contributed by atoms with Crippen molar-refractivity contribution >= 4 is 17.2 Å². The SMILES string of the molecule is COc1ccc(C)cc1-c1nc2ccccn2c1N=Nc1ccccc1O. The Morgan fingerprint density at radius 1 is 1.00 bits per heavy atom. The zero-order valence-corrected chi connectivity index (χ0v) is 15.0. The number of aromatic hydroxyl groups is 1. The van der Waals surface area contributed by atoms with Crippen LogP contribution in [0.3, 0.4) is 0 Å². The van der Waals surface area contributed by atoms with Gasteiger partial charge in [0.1, 0.15) is 28.5 Å². The summed E-state index contributed by atoms with van der Waals surface area (Å²) in [5.74, 6) is 1.35. The van der Waals surface area contributed by atoms with Gasteiger partial charge in [-0.3, -0.25) is 4.40 Å². The maximum atomic E-state index is 9.96. The van der Waals surface area contributed by atoms with Crippen LogP contribution in [0.4, 0.5) is 11.5 Å². The minimum atomic E-state index is 0.0738. The van der Waals surface area contributed by atoms with Gasteiger partial charge in [-0.1, -0.05) is 29.8 Å². The summed E-state index contributed by atoms with van der Waals surface area (Å²) in [4.78, 5) is 4.73. The Bertz CT molecular complexity index is 1150. The predicted molar refractivity (Wildman–Crippen MR) is 104 cm³/mol. The highest BCUT2D eigenvalue weighted by Gasteiger charge is 2.17. The number of phenolic OH excluding ortho intramolecular Hbond substituents is 1. The number of aromatic nitrogens is 2. The van der Waals surface area contributed by atoms with E-state index in [4.69, 9.17) is 9.72 Å². The Morgan fingerprint density at radius 3 is 2.63 bits per heavy atom. The number of methoxy groups -OCH3 is 1. The van der Waals surface area contributed by atoms with Crippen molar-refractivity contribution < 1.29 is 9.84 Å². The van der Waals surface area contributed by atoms with Crippen molar-refractivity contribution in [1.29, 1.82) is 0 Å². The lowest BCUT2D eigenvalue weighted by molar-refractivity contribution is 0.416. The number of ether oxygens (including phenoxy) is 1. The van der Waals surface area contributed by atoms with Crippen molar-refractivity contribution in [3.05, 3.63) is 72.4 Å². The second-order valence-electron chi connectivity index (χ2n) is 6.11. The molecule has 0 aliphatic heterocycles. The van der Waals surface area contributed by atoms with E-state index >= 15 is 0 Å². The van der Waals surface area contributed by atoms with Crippen molar-refractivity contribution in [1.82, 2.24) is 9.38 Å². The van der Waals surface area contributed by atoms with Gasteiger partial charge in [-0.25, -0.2) is 4.98 Å². The predicted octanol–water partition coefficient (Wildman–Crippen LogP) is 5.44. The number of para-hydroxylation sites is 1. The van der Waals surface area contributed by atoms with Crippen LogP contribution in [-0.4, -0.2) is 21.6 Å². The zero-order chi connectivity index (χ0) is 18.8. The van der Waals surface area contributed by atoms with Gasteiger partial charge in [0.15, 0.2) is 5.82 Å². The van der Waals surface area contributed by atoms with Crippen molar-refractivity contribution in [2.24, 2.45) is 10.2 Å². The lowest BCUT2D eigenvalue weighted by atomic mass is 10.1. The molecule has 0 aliphatic rings. The Labute approximate surface area is 156 Å². The summed E-state index contributed by atoms with van der Waals surface area (Å²) in [5, 5.41) is 18.6. The van der Waals surface area contributed by atoms with Crippen LogP contribution in [0.25, 0.3) is 16.9 Å². The van der Waals surface area contributed by atoms with Crippen LogP contribution in [0.2, 0.25) is 0 Å². The highest BCUT2D eigenvalue weighted by atomic mass is 16.5. The first kappa shape index (κ1) is 16.8. The molecule has 2 aromatic heterocycles. The van der Waals surface area contributed by atoms with Crippen LogP contribution >= 0.6 is 0 Å². The van der Waals surface area contributed by atoms with Crippen molar-refractivity contribution in [2.45, 2.75) is 6.92 Å². The molecule has 0 saturated heterocycles. The van der Waals surface area contributed by atoms with Crippen LogP contribution in [0.15, 0.2) is 77.1 Å². The van der Waals surface area contributed by atoms with Crippen molar-refractivity contribution in [2.75, 3.05) is 7.11 Å². The molecule has 0 aliphatic carbocycles. The minimum absolute atomic E-state index is 0.0738. The third kappa shape index (κ3) is 3.13. The topological polar surface area (TPSA) is 71.5 Å². The first-order valence-electron chi connectivity index (χ1n) is 8.49. The summed E-state index contributed by atoms with van der Waals surface area (Å²) in [6.07, 6.45) is 1.88. The number of rotatable bonds is 4. The van der Waals surface area contributed by atoms with Gasteiger partial charge in [0.2, 0.25) is 0 Å². The molecule has 2 heterocycles. The van der Waals surface area contributed by atoms with E-state index in [0.29, 0.717) is 22.9 Å². The van der Waals surface area contributed by atoms with E-state index in [1.807, 2.05) is 53.9 Å². The van der Waals surface area contributed by atoms with Crippen molar-refractivity contribution in [3.8, 4) is 22.8 Å². The van der Waals surface area contributed by atoms with Crippen LogP contribution in [-0.2, 0) is 0 Å². The molecule has 0 radical (unpaired) electrons. The first-order valence-corrected chi connectivity index (χ1v) is 8.49. The zero-order valence-electron chi connectivity index (χ0n) is 15.0. The van der Waals surface area contributed by atoms with Gasteiger partial charge in [-0.2, -0.15) is 0 Å². The number of nitrogens with zero attached hydrogens (tertiary/aromatic N) is 4. The molecule has 134 valence electrons. The second kappa shape index (κ2) is 6.92. The Morgan fingerprint density at radius 2 is 1.81 bits per heavy atom. The summed E-state index contributed by atoms with van der Waals surface area (Å²) in [6.45, 7) is 2.02. The molecule has 0 fully saturated rings. The number of phenols is 1. The average molecular weight is 358 g/mol. The number of azo groups is 1. The number of hydrogen-bond donors (Lipinski definition) is 1. The van der Waals surface area contributed by atoms with Crippen LogP contribution in [0, 0.1) is 6.92 Å². The molecule has 0 saturated carbocycles. The molecule has 0 bridgehead atoms. The number of benzene rings is 2. The smallest absolute Gasteiger partial charge is 0.187 e. The van der Waals surface area contributed by atoms with E-state index < -0.39 is 0 Å². The molecule has 4 aromatic rings. The van der Waals surface area contributed by atoms with E-state index in [0.717, 1.165) is 16.8 Å². The maximum Gasteiger partial charge on any atom is 0.187 e. The van der Waals surface area contributed by atoms with Crippen LogP contribution < -0.4 is 4.74 Å². The maximum absolute atomic E-state index is 9.96. The molecule has 6 heteroatoms. The molecule has 0 unspecified atom stereocenters. The molecule has 0 spiro atoms. The number of aryl methyl sites for hydroxylation is 1. The fourth-order valence-electron chi connectivity index (χ4n) is 2.92. The highest BCUT2D eigenvalue weighted by Crippen LogP contribution is 2.38. The number of pyridine rings is 1. The number of imidazole rings is 1. The monoisotopic (exact) mass is 358 g/mol. The van der Waals surface area contributed by atoms with Gasteiger partial charge in [-0.05, 0) is 43.3 Å². The normalized spacial score (nSPS) is 11.3. The molecule has 0 amide bonds. The second-order valence-corrected chi connectivity index (χ2v) is 6.11. The molecule has 2 aromatic carbocycles. The van der Waals surface area contributed by atoms with Crippen LogP contribution in [0.1, 0.15) is 5.56 Å². The largest absolute Gasteiger partial charge is 0.506 e. The van der Waals surface area contributed by atoms with Gasteiger partial charge < -0.3 is 9.84 Å². The quantitative estimate of drug-likeness (QED) is 0.494. The fourth-order valence-corrected chi connectivity index (χ4v) is 2.92. The third-order valence-corrected chi connectivity index (χ3v) is 4.25. The Balaban J connectivity index is 1.93. The van der Waals surface area contributed by atoms with E-state index in [9.17, 15) is 5.11 Å². The van der Waals surface area contributed by atoms with E-state index in [1.165, 1.54) is 0 Å². The summed E-state index contributed by atoms with van der Waals surface area (Å²) in [7, 11) is 1.63. The summed E-state index contributed by atoms with van der Waals surface area (Å²) in [6, 6.07) is 18.5. The van der Waals surface area contributed by atoms with Gasteiger partial charge in [-0.15, -0.1) is 10.2 Å². The molecule has 27 heavy (non-hydrogen) atoms. The molecule has 0 atom stereocenters. The standard InChI is InChI=1S/C21H18N4O2/c1-14-10-11-18(27-2)15(13-14)20-21(25-12-6-5-9-19(25)22-20)24-23-16-7-3-4-8-17(16)26/h3-13,26H,1-2H3. The molecule has 1 N–H and O–H groups in total. The molecular weight excluding hydrogens is 340 g/mol. The average Bonchev–Trinajstić information content (AvgIpc) is 3.06. The lowest BCUT2D eigenvalue weighted by Crippen LogP contribution is -1.89. The first-order chi connectivity index (χ1) is 13.2. The number of hydrogen-bond acceptors (Lipinski definition) is 5. The third-order valence-electron chi connectivity index (χ3n) is 4.25. The minimum Gasteiger partial charge on any atom is -0.506 e. The van der Waals surface area contributed by atoms with Gasteiger partial charge in [0.05, 0.1) is 7.11 Å². The summed E-state index contributed by atoms with van der Waals surface area (Å²) in [5.41, 5.74) is 3.74. The lowest BCUT2D eigenvalue weighted by Gasteiger charge is -2.08. The van der Waals surface area contributed by atoms with Gasteiger partial charge >= 0.3 is 0 Å². The highest BCUT2D eigenvalue weighted by molar-refractivity contribution is 5.79. The Kier molecular flexibility index (Phi) is 4.30. The number of fused-ring (bicyclic) bond motifs is 1. The molecule has 4 rings (SSSR count). The Hall–Kier alpha value is -3.67. The van der Waals surface area contributed by atoms with Crippen molar-refractivity contribution in [3.63, 3.8) is 0 Å².